The minimum Gasteiger partial charge on any atom is -0.347 e. The molecule has 4 N–H and O–H groups in total. The van der Waals surface area contributed by atoms with Crippen molar-refractivity contribution < 1.29 is 28.8 Å². The summed E-state index contributed by atoms with van der Waals surface area (Å²) in [7, 11) is 0. The molecule has 1 aromatic rings. The van der Waals surface area contributed by atoms with E-state index in [1.807, 2.05) is 27.7 Å². The first-order valence-corrected chi connectivity index (χ1v) is 18.7. The maximum atomic E-state index is 14.8. The van der Waals surface area contributed by atoms with E-state index in [4.69, 9.17) is 0 Å². The van der Waals surface area contributed by atoms with Gasteiger partial charge in [0.1, 0.15) is 23.8 Å². The van der Waals surface area contributed by atoms with Gasteiger partial charge in [-0.1, -0.05) is 66.2 Å². The van der Waals surface area contributed by atoms with E-state index in [-0.39, 0.29) is 35.5 Å². The molecule has 5 rings (SSSR count). The number of rotatable bonds is 13. The van der Waals surface area contributed by atoms with Crippen molar-refractivity contribution in [2.75, 3.05) is 0 Å². The Labute approximate surface area is 295 Å². The molecule has 3 aliphatic carbocycles. The van der Waals surface area contributed by atoms with Gasteiger partial charge in [0.2, 0.25) is 23.5 Å². The molecule has 0 bridgehead atoms. The van der Waals surface area contributed by atoms with Gasteiger partial charge in [-0.25, -0.2) is 4.98 Å². The predicted molar refractivity (Wildman–Crippen MR) is 185 cm³/mol. The number of amides is 5. The number of Topliss-reactive ketones (excluding diaryl/α,β-unsaturated/α-hetero) is 1. The van der Waals surface area contributed by atoms with Gasteiger partial charge in [0.25, 0.3) is 11.8 Å². The maximum Gasteiger partial charge on any atom is 0.289 e. The molecule has 0 aromatic carbocycles. The number of carbonyl (C=O) groups is 6. The molecule has 1 aromatic heterocycles. The highest BCUT2D eigenvalue weighted by molar-refractivity contribution is 6.38. The van der Waals surface area contributed by atoms with Crippen molar-refractivity contribution in [1.82, 2.24) is 36.1 Å². The van der Waals surface area contributed by atoms with E-state index in [2.05, 4.69) is 31.2 Å². The van der Waals surface area contributed by atoms with Gasteiger partial charge in [-0.3, -0.25) is 33.8 Å². The molecule has 4 fully saturated rings. The zero-order valence-corrected chi connectivity index (χ0v) is 30.0. The van der Waals surface area contributed by atoms with Crippen LogP contribution in [0.3, 0.4) is 0 Å². The van der Waals surface area contributed by atoms with Gasteiger partial charge < -0.3 is 26.2 Å². The van der Waals surface area contributed by atoms with Gasteiger partial charge in [0.05, 0.1) is 12.2 Å². The van der Waals surface area contributed by atoms with Gasteiger partial charge in [0, 0.05) is 24.5 Å². The van der Waals surface area contributed by atoms with Crippen molar-refractivity contribution in [2.45, 2.75) is 154 Å². The molecule has 1 saturated heterocycles. The topological polar surface area (TPSA) is 180 Å². The van der Waals surface area contributed by atoms with Crippen molar-refractivity contribution in [3.63, 3.8) is 0 Å². The zero-order chi connectivity index (χ0) is 36.0. The van der Waals surface area contributed by atoms with Gasteiger partial charge >= 0.3 is 0 Å². The summed E-state index contributed by atoms with van der Waals surface area (Å²) >= 11 is 0. The van der Waals surface area contributed by atoms with Crippen molar-refractivity contribution in [3.8, 4) is 0 Å². The van der Waals surface area contributed by atoms with Crippen LogP contribution in [0, 0.1) is 17.3 Å². The van der Waals surface area contributed by atoms with Crippen molar-refractivity contribution in [2.24, 2.45) is 17.3 Å². The first kappa shape index (κ1) is 37.4. The molecule has 5 amide bonds. The molecule has 13 nitrogen and oxygen atoms in total. The van der Waals surface area contributed by atoms with Crippen LogP contribution in [0.5, 0.6) is 0 Å². The highest BCUT2D eigenvalue weighted by Gasteiger charge is 2.51. The summed E-state index contributed by atoms with van der Waals surface area (Å²) in [6.45, 7) is 7.52. The second-order valence-electron chi connectivity index (χ2n) is 15.8. The fourth-order valence-electron chi connectivity index (χ4n) is 8.01. The number of fused-ring (bicyclic) bond motifs is 1. The van der Waals surface area contributed by atoms with E-state index >= 15 is 0 Å². The SMILES string of the molecule is CCC[C@H](NC(=O)[C@H]1C[C@@H]2CCCC[C@@H]2N1C(=O)[C@@H](NC(=O)[C@@H](NC(=O)c1cnccn1)C1CCCCC1)C(C)(C)C)C(=O)C(=O)NC1CC1. The van der Waals surface area contributed by atoms with Gasteiger partial charge in [-0.15, -0.1) is 0 Å². The van der Waals surface area contributed by atoms with E-state index in [0.29, 0.717) is 19.3 Å². The average molecular weight is 694 g/mol. The average Bonchev–Trinajstić information content (AvgIpc) is 3.84. The van der Waals surface area contributed by atoms with Crippen LogP contribution >= 0.6 is 0 Å². The van der Waals surface area contributed by atoms with Crippen molar-refractivity contribution in [1.29, 1.82) is 0 Å². The molecule has 0 radical (unpaired) electrons. The molecule has 50 heavy (non-hydrogen) atoms. The number of likely N-dealkylation sites (tertiary alicyclic amines) is 1. The lowest BCUT2D eigenvalue weighted by Gasteiger charge is -2.40. The number of aromatic nitrogens is 2. The molecule has 1 aliphatic heterocycles. The Kier molecular flexibility index (Phi) is 12.3. The lowest BCUT2D eigenvalue weighted by Crippen LogP contribution is -2.63. The highest BCUT2D eigenvalue weighted by Crippen LogP contribution is 2.41. The molecule has 3 saturated carbocycles. The molecule has 13 heteroatoms. The number of ketones is 1. The first-order valence-electron chi connectivity index (χ1n) is 18.7. The number of carbonyl (C=O) groups excluding carboxylic acids is 6. The Morgan fingerprint density at radius 1 is 0.880 bits per heavy atom. The van der Waals surface area contributed by atoms with Crippen LogP contribution in [0.4, 0.5) is 0 Å². The normalized spacial score (nSPS) is 24.2. The minimum absolute atomic E-state index is 0.0121. The van der Waals surface area contributed by atoms with Crippen molar-refractivity contribution in [3.05, 3.63) is 24.3 Å². The second-order valence-corrected chi connectivity index (χ2v) is 15.8. The highest BCUT2D eigenvalue weighted by atomic mass is 16.2. The lowest BCUT2D eigenvalue weighted by molar-refractivity contribution is -0.147. The third-order valence-electron chi connectivity index (χ3n) is 10.9. The van der Waals surface area contributed by atoms with E-state index in [1.165, 1.54) is 18.6 Å². The van der Waals surface area contributed by atoms with E-state index < -0.39 is 59.0 Å². The molecule has 274 valence electrons. The zero-order valence-electron chi connectivity index (χ0n) is 30.0. The van der Waals surface area contributed by atoms with Crippen LogP contribution in [0.2, 0.25) is 0 Å². The van der Waals surface area contributed by atoms with Crippen molar-refractivity contribution >= 4 is 35.3 Å². The molecule has 0 spiro atoms. The largest absolute Gasteiger partial charge is 0.347 e. The van der Waals surface area contributed by atoms with E-state index in [0.717, 1.165) is 70.6 Å². The summed E-state index contributed by atoms with van der Waals surface area (Å²) in [4.78, 5) is 91.9. The summed E-state index contributed by atoms with van der Waals surface area (Å²) in [5.74, 6) is -3.12. The molecule has 2 heterocycles. The summed E-state index contributed by atoms with van der Waals surface area (Å²) in [5, 5.41) is 11.5. The number of nitrogens with zero attached hydrogens (tertiary/aromatic N) is 3. The number of hydrogen-bond donors (Lipinski definition) is 4. The fraction of sp³-hybridized carbons (Fsp3) is 0.730. The monoisotopic (exact) mass is 693 g/mol. The smallest absolute Gasteiger partial charge is 0.289 e. The van der Waals surface area contributed by atoms with E-state index in [9.17, 15) is 28.8 Å². The molecule has 0 unspecified atom stereocenters. The van der Waals surface area contributed by atoms with Crippen LogP contribution in [0.15, 0.2) is 18.6 Å². The number of hydrogen-bond acceptors (Lipinski definition) is 8. The number of nitrogens with one attached hydrogen (secondary N) is 4. The summed E-state index contributed by atoms with van der Waals surface area (Å²) in [6, 6.07) is -3.89. The van der Waals surface area contributed by atoms with Gasteiger partial charge in [-0.05, 0) is 68.6 Å². The van der Waals surface area contributed by atoms with Crippen LogP contribution in [0.1, 0.15) is 128 Å². The molecule has 4 aliphatic rings. The summed E-state index contributed by atoms with van der Waals surface area (Å²) in [5.41, 5.74) is -0.641. The minimum atomic E-state index is -0.997. The fourth-order valence-corrected chi connectivity index (χ4v) is 8.01. The van der Waals surface area contributed by atoms with Crippen LogP contribution in [-0.2, 0) is 24.0 Å². The third kappa shape index (κ3) is 9.06. The lowest BCUT2D eigenvalue weighted by atomic mass is 9.81. The maximum absolute atomic E-state index is 14.8. The Hall–Kier alpha value is -3.90. The molecular formula is C37H55N7O6. The summed E-state index contributed by atoms with van der Waals surface area (Å²) < 4.78 is 0. The summed E-state index contributed by atoms with van der Waals surface area (Å²) in [6.07, 6.45) is 15.3. The second kappa shape index (κ2) is 16.4. The first-order chi connectivity index (χ1) is 23.9. The van der Waals surface area contributed by atoms with Crippen LogP contribution in [-0.4, -0.2) is 86.4 Å². The van der Waals surface area contributed by atoms with Crippen LogP contribution < -0.4 is 21.3 Å². The van der Waals surface area contributed by atoms with Gasteiger partial charge in [-0.2, -0.15) is 0 Å². The Bertz CT molecular complexity index is 1400. The predicted octanol–water partition coefficient (Wildman–Crippen LogP) is 2.98. The Balaban J connectivity index is 1.38. The Morgan fingerprint density at radius 2 is 1.58 bits per heavy atom. The Morgan fingerprint density at radius 3 is 2.22 bits per heavy atom. The third-order valence-corrected chi connectivity index (χ3v) is 10.9. The van der Waals surface area contributed by atoms with E-state index in [1.54, 1.807) is 4.90 Å². The molecule has 6 atom stereocenters. The van der Waals surface area contributed by atoms with Gasteiger partial charge in [0.15, 0.2) is 0 Å². The quantitative estimate of drug-likeness (QED) is 0.228. The standard InChI is InChI=1S/C37H55N7O6/c1-5-11-25(30(45)35(49)40-24-16-17-24)41-33(47)28-20-23-14-9-10-15-27(23)44(28)36(50)31(37(2,3)4)43-34(48)29(22-12-7-6-8-13-22)42-32(46)26-21-38-18-19-39-26/h18-19,21-25,27-29,31H,5-17,20H2,1-4H3,(H,40,49)(H,41,47)(H,42,46)(H,43,48)/t23-,25-,27-,28+,29-,31+/m0/s1. The van der Waals surface area contributed by atoms with Crippen LogP contribution in [0.25, 0.3) is 0 Å². The molecular weight excluding hydrogens is 638 g/mol.